The van der Waals surface area contributed by atoms with Crippen LogP contribution >= 0.6 is 11.3 Å². The van der Waals surface area contributed by atoms with Gasteiger partial charge in [0.2, 0.25) is 0 Å². The third-order valence-electron chi connectivity index (χ3n) is 4.66. The molecule has 1 N–H and O–H groups in total. The number of methoxy groups -OCH3 is 1. The number of thiophene rings is 1. The molecule has 1 amide bonds. The summed E-state index contributed by atoms with van der Waals surface area (Å²) in [6.07, 6.45) is 2.29. The summed E-state index contributed by atoms with van der Waals surface area (Å²) in [5, 5.41) is 3.54. The predicted molar refractivity (Wildman–Crippen MR) is 95.1 cm³/mol. The molecular weight excluding hydrogens is 327 g/mol. The van der Waals surface area contributed by atoms with Gasteiger partial charge in [0, 0.05) is 35.3 Å². The Balaban J connectivity index is 1.81. The van der Waals surface area contributed by atoms with Crippen molar-refractivity contribution in [1.82, 2.24) is 10.2 Å². The molecule has 0 bridgehead atoms. The van der Waals surface area contributed by atoms with Crippen LogP contribution in [0.1, 0.15) is 35.0 Å². The van der Waals surface area contributed by atoms with Crippen LogP contribution in [0.15, 0.2) is 18.2 Å². The van der Waals surface area contributed by atoms with Crippen LogP contribution in [-0.2, 0) is 11.3 Å². The Labute approximate surface area is 145 Å². The zero-order valence-electron chi connectivity index (χ0n) is 14.1. The van der Waals surface area contributed by atoms with Crippen LogP contribution < -0.4 is 5.32 Å². The van der Waals surface area contributed by atoms with E-state index in [1.54, 1.807) is 13.2 Å². The molecule has 0 radical (unpaired) electrons. The number of amides is 1. The van der Waals surface area contributed by atoms with E-state index < -0.39 is 0 Å². The van der Waals surface area contributed by atoms with Crippen molar-refractivity contribution in [2.24, 2.45) is 0 Å². The quantitative estimate of drug-likeness (QED) is 0.868. The SMILES string of the molecule is CCN1CCCC1CNC(=O)c1sc2cccc(F)c2c1COC. The first-order valence-corrected chi connectivity index (χ1v) is 9.18. The lowest BCUT2D eigenvalue weighted by molar-refractivity contribution is 0.0941. The normalized spacial score (nSPS) is 18.4. The molecule has 1 saturated heterocycles. The molecule has 1 aromatic carbocycles. The van der Waals surface area contributed by atoms with Gasteiger partial charge >= 0.3 is 0 Å². The van der Waals surface area contributed by atoms with Gasteiger partial charge in [0.05, 0.1) is 11.5 Å². The summed E-state index contributed by atoms with van der Waals surface area (Å²) in [4.78, 5) is 15.6. The minimum atomic E-state index is -0.303. The van der Waals surface area contributed by atoms with Gasteiger partial charge in [-0.05, 0) is 38.1 Å². The lowest BCUT2D eigenvalue weighted by Gasteiger charge is -2.22. The second-order valence-corrected chi connectivity index (χ2v) is 7.14. The van der Waals surface area contributed by atoms with Crippen molar-refractivity contribution in [2.75, 3.05) is 26.7 Å². The molecule has 1 aliphatic heterocycles. The number of hydrogen-bond donors (Lipinski definition) is 1. The summed E-state index contributed by atoms with van der Waals surface area (Å²) >= 11 is 1.33. The molecule has 0 spiro atoms. The summed E-state index contributed by atoms with van der Waals surface area (Å²) in [5.74, 6) is -0.437. The predicted octanol–water partition coefficient (Wildman–Crippen LogP) is 3.40. The van der Waals surface area contributed by atoms with Gasteiger partial charge in [0.15, 0.2) is 0 Å². The summed E-state index contributed by atoms with van der Waals surface area (Å²) < 4.78 is 20.2. The largest absolute Gasteiger partial charge is 0.380 e. The maximum absolute atomic E-state index is 14.2. The van der Waals surface area contributed by atoms with E-state index in [1.807, 2.05) is 6.07 Å². The number of rotatable bonds is 6. The zero-order valence-corrected chi connectivity index (χ0v) is 14.9. The standard InChI is InChI=1S/C18H23FN2O2S/c1-3-21-9-5-6-12(21)10-20-18(22)17-13(11-23-2)16-14(19)7-4-8-15(16)24-17/h4,7-8,12H,3,5-6,9-11H2,1-2H3,(H,20,22). The number of carbonyl (C=O) groups excluding carboxylic acids is 1. The Kier molecular flexibility index (Phi) is 5.48. The molecule has 24 heavy (non-hydrogen) atoms. The maximum atomic E-state index is 14.2. The van der Waals surface area contributed by atoms with E-state index in [-0.39, 0.29) is 18.3 Å². The van der Waals surface area contributed by atoms with Gasteiger partial charge in [-0.1, -0.05) is 13.0 Å². The Hall–Kier alpha value is -1.50. The molecular formula is C18H23FN2O2S. The van der Waals surface area contributed by atoms with Crippen molar-refractivity contribution in [2.45, 2.75) is 32.4 Å². The first-order chi connectivity index (χ1) is 11.7. The number of hydrogen-bond acceptors (Lipinski definition) is 4. The zero-order chi connectivity index (χ0) is 17.1. The Morgan fingerprint density at radius 3 is 3.08 bits per heavy atom. The highest BCUT2D eigenvalue weighted by atomic mass is 32.1. The van der Waals surface area contributed by atoms with Crippen LogP contribution in [0.3, 0.4) is 0 Å². The Bertz CT molecular complexity index is 731. The van der Waals surface area contributed by atoms with Crippen molar-refractivity contribution in [1.29, 1.82) is 0 Å². The van der Waals surface area contributed by atoms with Crippen LogP contribution in [0.5, 0.6) is 0 Å². The molecule has 0 saturated carbocycles. The molecule has 2 heterocycles. The van der Waals surface area contributed by atoms with Crippen LogP contribution in [0.2, 0.25) is 0 Å². The highest BCUT2D eigenvalue weighted by Crippen LogP contribution is 2.33. The molecule has 130 valence electrons. The number of fused-ring (bicyclic) bond motifs is 1. The monoisotopic (exact) mass is 350 g/mol. The first-order valence-electron chi connectivity index (χ1n) is 8.36. The number of halogens is 1. The van der Waals surface area contributed by atoms with Crippen LogP contribution in [0.4, 0.5) is 4.39 Å². The first kappa shape index (κ1) is 17.3. The molecule has 0 aliphatic carbocycles. The highest BCUT2D eigenvalue weighted by Gasteiger charge is 2.25. The van der Waals surface area contributed by atoms with Gasteiger partial charge in [-0.2, -0.15) is 0 Å². The number of likely N-dealkylation sites (N-methyl/N-ethyl adjacent to an activating group) is 1. The van der Waals surface area contributed by atoms with E-state index in [9.17, 15) is 9.18 Å². The van der Waals surface area contributed by atoms with E-state index in [0.29, 0.717) is 28.4 Å². The Morgan fingerprint density at radius 1 is 1.50 bits per heavy atom. The highest BCUT2D eigenvalue weighted by molar-refractivity contribution is 7.21. The lowest BCUT2D eigenvalue weighted by atomic mass is 10.1. The number of likely N-dealkylation sites (tertiary alicyclic amines) is 1. The van der Waals surface area contributed by atoms with Gasteiger partial charge in [-0.3, -0.25) is 9.69 Å². The third-order valence-corrected chi connectivity index (χ3v) is 5.86. The molecule has 1 atom stereocenters. The fourth-order valence-corrected chi connectivity index (χ4v) is 4.60. The van der Waals surface area contributed by atoms with Gasteiger partial charge in [0.1, 0.15) is 5.82 Å². The molecule has 1 aliphatic rings. The van der Waals surface area contributed by atoms with Crippen LogP contribution in [-0.4, -0.2) is 43.6 Å². The van der Waals surface area contributed by atoms with Gasteiger partial charge in [-0.15, -0.1) is 11.3 Å². The third kappa shape index (κ3) is 3.31. The minimum Gasteiger partial charge on any atom is -0.380 e. The van der Waals surface area contributed by atoms with E-state index in [0.717, 1.165) is 24.2 Å². The maximum Gasteiger partial charge on any atom is 0.261 e. The average Bonchev–Trinajstić information content (AvgIpc) is 3.18. The second-order valence-electron chi connectivity index (χ2n) is 6.09. The molecule has 3 rings (SSSR count). The van der Waals surface area contributed by atoms with Gasteiger partial charge < -0.3 is 10.1 Å². The summed E-state index contributed by atoms with van der Waals surface area (Å²) in [6, 6.07) is 5.34. The molecule has 1 unspecified atom stereocenters. The second kappa shape index (κ2) is 7.59. The van der Waals surface area contributed by atoms with E-state index in [2.05, 4.69) is 17.1 Å². The number of nitrogens with one attached hydrogen (secondary N) is 1. The molecule has 6 heteroatoms. The number of carbonyl (C=O) groups is 1. The molecule has 1 fully saturated rings. The van der Waals surface area contributed by atoms with Crippen LogP contribution in [0.25, 0.3) is 10.1 Å². The van der Waals surface area contributed by atoms with E-state index >= 15 is 0 Å². The summed E-state index contributed by atoms with van der Waals surface area (Å²) in [6.45, 7) is 5.11. The van der Waals surface area contributed by atoms with Gasteiger partial charge in [-0.25, -0.2) is 4.39 Å². The van der Waals surface area contributed by atoms with Gasteiger partial charge in [0.25, 0.3) is 5.91 Å². The van der Waals surface area contributed by atoms with Crippen LogP contribution in [0, 0.1) is 5.82 Å². The summed E-state index contributed by atoms with van der Waals surface area (Å²) in [5.41, 5.74) is 0.645. The van der Waals surface area contributed by atoms with E-state index in [4.69, 9.17) is 4.74 Å². The smallest absolute Gasteiger partial charge is 0.261 e. The molecule has 1 aromatic heterocycles. The molecule has 4 nitrogen and oxygen atoms in total. The fraction of sp³-hybridized carbons (Fsp3) is 0.500. The van der Waals surface area contributed by atoms with Crippen molar-refractivity contribution < 1.29 is 13.9 Å². The minimum absolute atomic E-state index is 0.134. The van der Waals surface area contributed by atoms with Crippen molar-refractivity contribution in [3.63, 3.8) is 0 Å². The van der Waals surface area contributed by atoms with Crippen molar-refractivity contribution >= 4 is 27.3 Å². The van der Waals surface area contributed by atoms with Crippen molar-refractivity contribution in [3.8, 4) is 0 Å². The number of nitrogens with zero attached hydrogens (tertiary/aromatic N) is 1. The molecule has 2 aromatic rings. The fourth-order valence-electron chi connectivity index (χ4n) is 3.47. The van der Waals surface area contributed by atoms with Crippen molar-refractivity contribution in [3.05, 3.63) is 34.5 Å². The topological polar surface area (TPSA) is 41.6 Å². The average molecular weight is 350 g/mol. The summed E-state index contributed by atoms with van der Waals surface area (Å²) in [7, 11) is 1.56. The lowest BCUT2D eigenvalue weighted by Crippen LogP contribution is -2.40. The number of benzene rings is 1. The number of ether oxygens (including phenoxy) is 1. The Morgan fingerprint density at radius 2 is 2.33 bits per heavy atom. The van der Waals surface area contributed by atoms with E-state index in [1.165, 1.54) is 23.8 Å².